The molecule has 7 nitrogen and oxygen atoms in total. The highest BCUT2D eigenvalue weighted by molar-refractivity contribution is 5.76. The zero-order valence-electron chi connectivity index (χ0n) is 16.2. The number of nitriles is 1. The van der Waals surface area contributed by atoms with Crippen LogP contribution in [0.25, 0.3) is 0 Å². The molecule has 1 fully saturated rings. The van der Waals surface area contributed by atoms with Gasteiger partial charge in [-0.15, -0.1) is 0 Å². The van der Waals surface area contributed by atoms with E-state index in [2.05, 4.69) is 10.1 Å². The van der Waals surface area contributed by atoms with Crippen molar-refractivity contribution in [2.45, 2.75) is 39.0 Å². The zero-order chi connectivity index (χ0) is 20.1. The molecule has 3 rings (SSSR count). The Labute approximate surface area is 163 Å². The molecule has 0 atom stereocenters. The van der Waals surface area contributed by atoms with E-state index >= 15 is 0 Å². The molecule has 0 saturated carbocycles. The lowest BCUT2D eigenvalue weighted by atomic mass is 10.1. The molecule has 1 amide bonds. The van der Waals surface area contributed by atoms with Gasteiger partial charge >= 0.3 is 0 Å². The van der Waals surface area contributed by atoms with E-state index in [1.165, 1.54) is 6.07 Å². The fourth-order valence-electron chi connectivity index (χ4n) is 3.24. The number of hydrogen-bond donors (Lipinski definition) is 0. The number of carbonyl (C=O) groups is 1. The third-order valence-electron chi connectivity index (χ3n) is 4.86. The molecule has 1 aromatic heterocycles. The van der Waals surface area contributed by atoms with Crippen LogP contribution in [0.4, 0.5) is 10.1 Å². The normalized spacial score (nSPS) is 14.4. The maximum Gasteiger partial charge on any atom is 0.226 e. The first-order valence-corrected chi connectivity index (χ1v) is 9.53. The molecule has 0 spiro atoms. The summed E-state index contributed by atoms with van der Waals surface area (Å²) < 4.78 is 19.0. The fraction of sp³-hybridized carbons (Fsp3) is 0.500. The highest BCUT2D eigenvalue weighted by atomic mass is 19.1. The van der Waals surface area contributed by atoms with Gasteiger partial charge in [0.25, 0.3) is 0 Å². The molecular formula is C20H24FN5O2. The smallest absolute Gasteiger partial charge is 0.226 e. The molecule has 2 aromatic rings. The lowest BCUT2D eigenvalue weighted by Gasteiger charge is -2.36. The van der Waals surface area contributed by atoms with E-state index in [0.717, 1.165) is 0 Å². The van der Waals surface area contributed by atoms with Gasteiger partial charge < -0.3 is 14.3 Å². The second-order valence-corrected chi connectivity index (χ2v) is 7.17. The lowest BCUT2D eigenvalue weighted by molar-refractivity contribution is -0.131. The van der Waals surface area contributed by atoms with Gasteiger partial charge in [-0.1, -0.05) is 25.1 Å². The fourth-order valence-corrected chi connectivity index (χ4v) is 3.24. The van der Waals surface area contributed by atoms with Crippen molar-refractivity contribution in [1.29, 1.82) is 5.26 Å². The molecule has 148 valence electrons. The van der Waals surface area contributed by atoms with E-state index in [1.807, 2.05) is 29.7 Å². The molecule has 1 aromatic carbocycles. The number of benzene rings is 1. The molecule has 0 aliphatic carbocycles. The number of amides is 1. The molecular weight excluding hydrogens is 361 g/mol. The summed E-state index contributed by atoms with van der Waals surface area (Å²) in [4.78, 5) is 20.5. The van der Waals surface area contributed by atoms with Crippen LogP contribution in [0.2, 0.25) is 0 Å². The van der Waals surface area contributed by atoms with Crippen molar-refractivity contribution in [3.63, 3.8) is 0 Å². The summed E-state index contributed by atoms with van der Waals surface area (Å²) in [5, 5.41) is 13.1. The number of hydrogen-bond acceptors (Lipinski definition) is 6. The minimum atomic E-state index is -0.514. The topological polar surface area (TPSA) is 86.3 Å². The second kappa shape index (κ2) is 8.83. The first-order chi connectivity index (χ1) is 13.5. The Kier molecular flexibility index (Phi) is 6.24. The third-order valence-corrected chi connectivity index (χ3v) is 4.86. The Hall–Kier alpha value is -2.95. The molecule has 28 heavy (non-hydrogen) atoms. The van der Waals surface area contributed by atoms with Crippen molar-refractivity contribution in [3.05, 3.63) is 41.3 Å². The van der Waals surface area contributed by atoms with Gasteiger partial charge in [0, 0.05) is 44.9 Å². The first-order valence-electron chi connectivity index (χ1n) is 9.53. The Bertz CT molecular complexity index is 866. The van der Waals surface area contributed by atoms with Crippen molar-refractivity contribution in [2.24, 2.45) is 0 Å². The zero-order valence-corrected chi connectivity index (χ0v) is 16.2. The van der Waals surface area contributed by atoms with Gasteiger partial charge in [0.2, 0.25) is 11.8 Å². The number of piperazine rings is 1. The van der Waals surface area contributed by atoms with Crippen molar-refractivity contribution < 1.29 is 13.7 Å². The van der Waals surface area contributed by atoms with E-state index in [1.54, 1.807) is 12.1 Å². The van der Waals surface area contributed by atoms with Gasteiger partial charge in [-0.05, 0) is 18.6 Å². The molecule has 1 aliphatic rings. The molecule has 0 radical (unpaired) electrons. The largest absolute Gasteiger partial charge is 0.367 e. The van der Waals surface area contributed by atoms with Gasteiger partial charge in [0.15, 0.2) is 5.82 Å². The molecule has 8 heteroatoms. The Morgan fingerprint density at radius 2 is 2.07 bits per heavy atom. The summed E-state index contributed by atoms with van der Waals surface area (Å²) in [5.74, 6) is 1.04. The summed E-state index contributed by atoms with van der Waals surface area (Å²) in [7, 11) is 0. The minimum Gasteiger partial charge on any atom is -0.367 e. The van der Waals surface area contributed by atoms with Crippen LogP contribution in [-0.2, 0) is 11.2 Å². The average molecular weight is 385 g/mol. The van der Waals surface area contributed by atoms with Crippen LogP contribution in [0.1, 0.15) is 49.9 Å². The number of rotatable bonds is 6. The monoisotopic (exact) mass is 385 g/mol. The molecule has 1 aliphatic heterocycles. The molecule has 1 saturated heterocycles. The van der Waals surface area contributed by atoms with Crippen molar-refractivity contribution in [1.82, 2.24) is 15.0 Å². The van der Waals surface area contributed by atoms with E-state index in [0.29, 0.717) is 62.8 Å². The van der Waals surface area contributed by atoms with Gasteiger partial charge in [-0.3, -0.25) is 4.79 Å². The maximum absolute atomic E-state index is 13.8. The predicted octanol–water partition coefficient (Wildman–Crippen LogP) is 2.88. The van der Waals surface area contributed by atoms with E-state index in [4.69, 9.17) is 4.52 Å². The van der Waals surface area contributed by atoms with Crippen molar-refractivity contribution in [2.75, 3.05) is 31.1 Å². The first kappa shape index (κ1) is 19.8. The number of aromatic nitrogens is 2. The number of anilines is 1. The molecule has 0 N–H and O–H groups in total. The van der Waals surface area contributed by atoms with Crippen LogP contribution in [-0.4, -0.2) is 47.1 Å². The van der Waals surface area contributed by atoms with E-state index < -0.39 is 5.82 Å². The van der Waals surface area contributed by atoms with Crippen LogP contribution in [0.5, 0.6) is 0 Å². The summed E-state index contributed by atoms with van der Waals surface area (Å²) in [6, 6.07) is 6.56. The number of nitrogens with zero attached hydrogens (tertiary/aromatic N) is 5. The summed E-state index contributed by atoms with van der Waals surface area (Å²) in [6.07, 6.45) is 1.66. The van der Waals surface area contributed by atoms with Crippen molar-refractivity contribution in [3.8, 4) is 6.07 Å². The Balaban J connectivity index is 1.47. The van der Waals surface area contributed by atoms with Crippen LogP contribution >= 0.6 is 0 Å². The molecule has 2 heterocycles. The highest BCUT2D eigenvalue weighted by Crippen LogP contribution is 2.24. The summed E-state index contributed by atoms with van der Waals surface area (Å²) in [5.41, 5.74) is 0.648. The van der Waals surface area contributed by atoms with Crippen LogP contribution in [0.15, 0.2) is 22.7 Å². The predicted molar refractivity (Wildman–Crippen MR) is 101 cm³/mol. The summed E-state index contributed by atoms with van der Waals surface area (Å²) >= 11 is 0. The second-order valence-electron chi connectivity index (χ2n) is 7.17. The standard InChI is InChI=1S/C20H24FN5O2/c1-14(2)20-23-18(28-24-20)7-4-8-19(27)26-11-9-25(10-12-26)17-6-3-5-16(21)15(17)13-22/h3,5-6,14H,4,7-12H2,1-2H3. The average Bonchev–Trinajstić information content (AvgIpc) is 3.17. The number of aryl methyl sites for hydroxylation is 1. The van der Waals surface area contributed by atoms with Crippen LogP contribution < -0.4 is 4.90 Å². The Morgan fingerprint density at radius 3 is 2.71 bits per heavy atom. The van der Waals surface area contributed by atoms with Crippen molar-refractivity contribution >= 4 is 11.6 Å². The van der Waals surface area contributed by atoms with Crippen LogP contribution in [0.3, 0.4) is 0 Å². The molecule has 0 unspecified atom stereocenters. The number of carbonyl (C=O) groups excluding carboxylic acids is 1. The number of halogens is 1. The van der Waals surface area contributed by atoms with Gasteiger partial charge in [-0.25, -0.2) is 4.39 Å². The third kappa shape index (κ3) is 4.47. The van der Waals surface area contributed by atoms with E-state index in [-0.39, 0.29) is 17.4 Å². The minimum absolute atomic E-state index is 0.0580. The molecule has 0 bridgehead atoms. The lowest BCUT2D eigenvalue weighted by Crippen LogP contribution is -2.49. The Morgan fingerprint density at radius 1 is 1.32 bits per heavy atom. The quantitative estimate of drug-likeness (QED) is 0.760. The van der Waals surface area contributed by atoms with Gasteiger partial charge in [-0.2, -0.15) is 10.2 Å². The summed E-state index contributed by atoms with van der Waals surface area (Å²) in [6.45, 7) is 6.26. The van der Waals surface area contributed by atoms with Crippen LogP contribution in [0, 0.1) is 17.1 Å². The van der Waals surface area contributed by atoms with Gasteiger partial charge in [0.1, 0.15) is 17.4 Å². The van der Waals surface area contributed by atoms with E-state index in [9.17, 15) is 14.4 Å². The highest BCUT2D eigenvalue weighted by Gasteiger charge is 2.23. The SMILES string of the molecule is CC(C)c1noc(CCCC(=O)N2CCN(c3cccc(F)c3C#N)CC2)n1. The van der Waals surface area contributed by atoms with Gasteiger partial charge in [0.05, 0.1) is 5.69 Å². The maximum atomic E-state index is 13.8.